The smallest absolute Gasteiger partial charge is 0.268 e. The van der Waals surface area contributed by atoms with E-state index in [1.807, 2.05) is 84.9 Å². The van der Waals surface area contributed by atoms with Gasteiger partial charge in [0.2, 0.25) is 0 Å². The zero-order valence-corrected chi connectivity index (χ0v) is 20.7. The Morgan fingerprint density at radius 1 is 0.912 bits per heavy atom. The van der Waals surface area contributed by atoms with Crippen LogP contribution in [0.4, 0.5) is 0 Å². The quantitative estimate of drug-likeness (QED) is 0.143. The fraction of sp³-hybridized carbons (Fsp3) is 0.143. The van der Waals surface area contributed by atoms with Crippen LogP contribution in [0.25, 0.3) is 27.0 Å². The summed E-state index contributed by atoms with van der Waals surface area (Å²) < 4.78 is 7.63. The molecule has 0 atom stereocenters. The van der Waals surface area contributed by atoms with E-state index >= 15 is 0 Å². The summed E-state index contributed by atoms with van der Waals surface area (Å²) in [5, 5.41) is 1.36. The van der Waals surface area contributed by atoms with Gasteiger partial charge in [0.25, 0.3) is 5.56 Å². The molecule has 0 aliphatic heterocycles. The molecule has 5 rings (SSSR count). The minimum atomic E-state index is -0.0404. The van der Waals surface area contributed by atoms with Crippen LogP contribution in [0.3, 0.4) is 0 Å². The third kappa shape index (κ3) is 4.52. The van der Waals surface area contributed by atoms with Gasteiger partial charge in [0.05, 0.1) is 17.7 Å². The van der Waals surface area contributed by atoms with Crippen molar-refractivity contribution in [1.29, 1.82) is 0 Å². The van der Waals surface area contributed by atoms with Crippen molar-refractivity contribution in [2.45, 2.75) is 19.0 Å². The van der Waals surface area contributed by atoms with Crippen molar-refractivity contribution in [3.05, 3.63) is 106 Å². The van der Waals surface area contributed by atoms with Crippen molar-refractivity contribution in [1.82, 2.24) is 9.55 Å². The predicted octanol–water partition coefficient (Wildman–Crippen LogP) is 6.90. The number of aromatic nitrogens is 2. The van der Waals surface area contributed by atoms with E-state index < -0.39 is 0 Å². The molecule has 34 heavy (non-hydrogen) atoms. The Bertz CT molecular complexity index is 1470. The largest absolute Gasteiger partial charge is 0.493 e. The fourth-order valence-electron chi connectivity index (χ4n) is 3.92. The molecular formula is C28H24N2O2S2. The average molecular weight is 485 g/mol. The maximum atomic E-state index is 13.9. The van der Waals surface area contributed by atoms with Gasteiger partial charge in [0.15, 0.2) is 5.16 Å². The highest BCUT2D eigenvalue weighted by molar-refractivity contribution is 7.99. The second kappa shape index (κ2) is 9.87. The molecule has 0 unspecified atom stereocenters. The Labute approximate surface area is 206 Å². The van der Waals surface area contributed by atoms with E-state index in [0.29, 0.717) is 22.9 Å². The van der Waals surface area contributed by atoms with Crippen molar-refractivity contribution in [2.75, 3.05) is 12.4 Å². The second-order valence-electron chi connectivity index (χ2n) is 7.96. The highest BCUT2D eigenvalue weighted by Crippen LogP contribution is 2.36. The van der Waals surface area contributed by atoms with Gasteiger partial charge < -0.3 is 4.74 Å². The van der Waals surface area contributed by atoms with Gasteiger partial charge in [-0.05, 0) is 43.7 Å². The molecule has 0 aliphatic rings. The Morgan fingerprint density at radius 2 is 1.59 bits per heavy atom. The van der Waals surface area contributed by atoms with Crippen LogP contribution in [-0.2, 0) is 0 Å². The maximum Gasteiger partial charge on any atom is 0.268 e. The number of ether oxygens (including phenoxy) is 1. The lowest BCUT2D eigenvalue weighted by molar-refractivity contribution is 0.344. The van der Waals surface area contributed by atoms with E-state index in [9.17, 15) is 4.79 Å². The molecule has 0 bridgehead atoms. The van der Waals surface area contributed by atoms with Crippen molar-refractivity contribution in [2.24, 2.45) is 0 Å². The zero-order valence-electron chi connectivity index (χ0n) is 19.0. The second-order valence-corrected chi connectivity index (χ2v) is 10.2. The number of benzene rings is 3. The molecule has 5 aromatic rings. The molecule has 0 N–H and O–H groups in total. The van der Waals surface area contributed by atoms with Crippen LogP contribution >= 0.6 is 23.1 Å². The first kappa shape index (κ1) is 22.4. The maximum absolute atomic E-state index is 13.9. The Hall–Kier alpha value is -3.35. The Kier molecular flexibility index (Phi) is 6.52. The molecule has 0 spiro atoms. The number of thiophene rings is 1. The number of hydrogen-bond acceptors (Lipinski definition) is 5. The van der Waals surface area contributed by atoms with Crippen LogP contribution in [0.1, 0.15) is 10.4 Å². The van der Waals surface area contributed by atoms with E-state index in [4.69, 9.17) is 9.72 Å². The van der Waals surface area contributed by atoms with Crippen molar-refractivity contribution >= 4 is 33.3 Å². The van der Waals surface area contributed by atoms with Gasteiger partial charge in [0, 0.05) is 16.2 Å². The van der Waals surface area contributed by atoms with Gasteiger partial charge in [-0.3, -0.25) is 9.36 Å². The van der Waals surface area contributed by atoms with Gasteiger partial charge >= 0.3 is 0 Å². The molecule has 2 aromatic heterocycles. The molecular weight excluding hydrogens is 460 g/mol. The van der Waals surface area contributed by atoms with Gasteiger partial charge in [-0.2, -0.15) is 0 Å². The molecule has 2 heterocycles. The number of hydrogen-bond donors (Lipinski definition) is 0. The fourth-order valence-corrected chi connectivity index (χ4v) is 5.84. The molecule has 6 heteroatoms. The highest BCUT2D eigenvalue weighted by atomic mass is 32.2. The molecule has 170 valence electrons. The van der Waals surface area contributed by atoms with Crippen molar-refractivity contribution in [3.63, 3.8) is 0 Å². The topological polar surface area (TPSA) is 44.1 Å². The number of nitrogens with zero attached hydrogens (tertiary/aromatic N) is 2. The predicted molar refractivity (Wildman–Crippen MR) is 143 cm³/mol. The molecule has 4 nitrogen and oxygen atoms in total. The van der Waals surface area contributed by atoms with Gasteiger partial charge in [-0.15, -0.1) is 11.3 Å². The van der Waals surface area contributed by atoms with E-state index in [1.54, 1.807) is 15.9 Å². The SMILES string of the molecule is Cc1ccc(OCCSc2nc3sc(C)c(-c4ccccc4)c3c(=O)n2-c2ccccc2)cc1. The first-order chi connectivity index (χ1) is 16.6. The van der Waals surface area contributed by atoms with Crippen molar-refractivity contribution < 1.29 is 4.74 Å². The summed E-state index contributed by atoms with van der Waals surface area (Å²) >= 11 is 3.11. The van der Waals surface area contributed by atoms with Crippen LogP contribution in [0, 0.1) is 13.8 Å². The normalized spacial score (nSPS) is 11.1. The van der Waals surface area contributed by atoms with Crippen LogP contribution in [0.15, 0.2) is 94.9 Å². The number of para-hydroxylation sites is 1. The molecule has 0 fully saturated rings. The summed E-state index contributed by atoms with van der Waals surface area (Å²) in [5.74, 6) is 1.52. The first-order valence-corrected chi connectivity index (χ1v) is 12.9. The van der Waals surface area contributed by atoms with E-state index in [-0.39, 0.29) is 5.56 Å². The zero-order chi connectivity index (χ0) is 23.5. The number of aryl methyl sites for hydroxylation is 2. The van der Waals surface area contributed by atoms with Crippen LogP contribution in [0.2, 0.25) is 0 Å². The van der Waals surface area contributed by atoms with Gasteiger partial charge in [0.1, 0.15) is 10.6 Å². The number of thioether (sulfide) groups is 1. The number of fused-ring (bicyclic) bond motifs is 1. The van der Waals surface area contributed by atoms with Crippen LogP contribution in [0.5, 0.6) is 5.75 Å². The third-order valence-corrected chi connectivity index (χ3v) is 7.45. The lowest BCUT2D eigenvalue weighted by Gasteiger charge is -2.13. The monoisotopic (exact) mass is 484 g/mol. The standard InChI is InChI=1S/C28H24N2O2S2/c1-19-13-15-23(16-14-19)32-17-18-33-28-29-26-25(27(31)30(28)22-11-7-4-8-12-22)24(20(2)34-26)21-9-5-3-6-10-21/h3-16H,17-18H2,1-2H3. The van der Waals surface area contributed by atoms with E-state index in [0.717, 1.165) is 32.3 Å². The minimum absolute atomic E-state index is 0.0404. The summed E-state index contributed by atoms with van der Waals surface area (Å²) in [6.45, 7) is 4.64. The highest BCUT2D eigenvalue weighted by Gasteiger charge is 2.20. The Morgan fingerprint density at radius 3 is 2.29 bits per heavy atom. The first-order valence-electron chi connectivity index (χ1n) is 11.1. The van der Waals surface area contributed by atoms with Gasteiger partial charge in [-0.25, -0.2) is 4.98 Å². The van der Waals surface area contributed by atoms with E-state index in [2.05, 4.69) is 13.8 Å². The van der Waals surface area contributed by atoms with Gasteiger partial charge in [-0.1, -0.05) is 78.0 Å². The van der Waals surface area contributed by atoms with Crippen LogP contribution in [-0.4, -0.2) is 21.9 Å². The Balaban J connectivity index is 1.53. The number of rotatable bonds is 7. The molecule has 0 radical (unpaired) electrons. The summed E-state index contributed by atoms with van der Waals surface area (Å²) in [6.07, 6.45) is 0. The molecule has 0 aliphatic carbocycles. The van der Waals surface area contributed by atoms with E-state index in [1.165, 1.54) is 17.3 Å². The summed E-state index contributed by atoms with van der Waals surface area (Å²) in [5.41, 5.74) is 3.99. The minimum Gasteiger partial charge on any atom is -0.493 e. The molecule has 0 saturated heterocycles. The molecule has 0 amide bonds. The van der Waals surface area contributed by atoms with Crippen LogP contribution < -0.4 is 10.3 Å². The van der Waals surface area contributed by atoms with Crippen molar-refractivity contribution in [3.8, 4) is 22.6 Å². The average Bonchev–Trinajstić information content (AvgIpc) is 3.20. The molecule has 0 saturated carbocycles. The lowest BCUT2D eigenvalue weighted by Crippen LogP contribution is -2.22. The molecule has 3 aromatic carbocycles. The third-order valence-electron chi connectivity index (χ3n) is 5.55. The summed E-state index contributed by atoms with van der Waals surface area (Å²) in [6, 6.07) is 27.8. The summed E-state index contributed by atoms with van der Waals surface area (Å²) in [7, 11) is 0. The summed E-state index contributed by atoms with van der Waals surface area (Å²) in [4.78, 5) is 20.8. The lowest BCUT2D eigenvalue weighted by atomic mass is 10.0.